The molecule has 2 nitrogen and oxygen atoms in total. The van der Waals surface area contributed by atoms with Gasteiger partial charge in [0.1, 0.15) is 5.60 Å². The van der Waals surface area contributed by atoms with Crippen LogP contribution in [0.25, 0.3) is 0 Å². The molecular formula is C16H32O2Si. The monoisotopic (exact) mass is 284 g/mol. The Morgan fingerprint density at radius 2 is 1.74 bits per heavy atom. The summed E-state index contributed by atoms with van der Waals surface area (Å²) >= 11 is 0. The molecule has 3 heteroatoms. The molecule has 0 aliphatic heterocycles. The molecule has 0 N–H and O–H groups in total. The van der Waals surface area contributed by atoms with Crippen molar-refractivity contribution in [3.63, 3.8) is 0 Å². The zero-order valence-electron chi connectivity index (χ0n) is 13.8. The van der Waals surface area contributed by atoms with E-state index in [9.17, 15) is 4.79 Å². The molecule has 0 aromatic carbocycles. The topological polar surface area (TPSA) is 26.3 Å². The highest BCUT2D eigenvalue weighted by Crippen LogP contribution is 2.40. The molecule has 0 amide bonds. The second-order valence-electron chi connectivity index (χ2n) is 7.78. The molecule has 0 aromatic heterocycles. The first kappa shape index (κ1) is 16.7. The maximum Gasteiger partial charge on any atom is 0.312 e. The predicted molar refractivity (Wildman–Crippen MR) is 84.1 cm³/mol. The van der Waals surface area contributed by atoms with Crippen LogP contribution >= 0.6 is 0 Å². The first-order valence-electron chi connectivity index (χ1n) is 7.90. The number of hydrogen-bond acceptors (Lipinski definition) is 2. The number of rotatable bonds is 6. The van der Waals surface area contributed by atoms with Gasteiger partial charge in [-0.1, -0.05) is 33.5 Å². The SMILES string of the molecule is CCC1(OC(=O)C(C)(CC)C[Si](C)(C)C)CCCC1. The predicted octanol–water partition coefficient (Wildman–Crippen LogP) is 5.01. The quantitative estimate of drug-likeness (QED) is 0.506. The highest BCUT2D eigenvalue weighted by Gasteiger charge is 2.43. The van der Waals surface area contributed by atoms with E-state index in [0.29, 0.717) is 0 Å². The van der Waals surface area contributed by atoms with Crippen LogP contribution in [-0.4, -0.2) is 19.6 Å². The average molecular weight is 285 g/mol. The van der Waals surface area contributed by atoms with Crippen LogP contribution in [0.3, 0.4) is 0 Å². The van der Waals surface area contributed by atoms with Crippen LogP contribution in [0.5, 0.6) is 0 Å². The molecule has 1 rings (SSSR count). The summed E-state index contributed by atoms with van der Waals surface area (Å²) in [6.07, 6.45) is 6.38. The van der Waals surface area contributed by atoms with Crippen LogP contribution in [0.15, 0.2) is 0 Å². The van der Waals surface area contributed by atoms with E-state index in [0.717, 1.165) is 31.7 Å². The summed E-state index contributed by atoms with van der Waals surface area (Å²) in [7, 11) is -1.27. The average Bonchev–Trinajstić information content (AvgIpc) is 2.76. The van der Waals surface area contributed by atoms with Crippen molar-refractivity contribution in [3.8, 4) is 0 Å². The van der Waals surface area contributed by atoms with Gasteiger partial charge < -0.3 is 4.74 Å². The van der Waals surface area contributed by atoms with E-state index >= 15 is 0 Å². The van der Waals surface area contributed by atoms with Crippen molar-refractivity contribution in [2.24, 2.45) is 5.41 Å². The van der Waals surface area contributed by atoms with Crippen LogP contribution in [0.1, 0.15) is 59.3 Å². The largest absolute Gasteiger partial charge is 0.459 e. The van der Waals surface area contributed by atoms with Crippen molar-refractivity contribution in [2.45, 2.75) is 90.6 Å². The first-order valence-corrected chi connectivity index (χ1v) is 11.6. The molecule has 1 saturated carbocycles. The number of carbonyl (C=O) groups is 1. The molecule has 0 spiro atoms. The van der Waals surface area contributed by atoms with Gasteiger partial charge in [0.05, 0.1) is 5.41 Å². The van der Waals surface area contributed by atoms with Gasteiger partial charge in [-0.15, -0.1) is 0 Å². The van der Waals surface area contributed by atoms with Crippen molar-refractivity contribution in [3.05, 3.63) is 0 Å². The molecule has 1 aliphatic carbocycles. The smallest absolute Gasteiger partial charge is 0.312 e. The molecular weight excluding hydrogens is 252 g/mol. The fourth-order valence-electron chi connectivity index (χ4n) is 3.38. The summed E-state index contributed by atoms with van der Waals surface area (Å²) in [5.74, 6) is 0.0566. The minimum absolute atomic E-state index is 0.0566. The van der Waals surface area contributed by atoms with Gasteiger partial charge in [-0.2, -0.15) is 0 Å². The third-order valence-corrected chi connectivity index (χ3v) is 6.50. The summed E-state index contributed by atoms with van der Waals surface area (Å²) in [6.45, 7) is 13.4. The highest BCUT2D eigenvalue weighted by molar-refractivity contribution is 6.76. The third kappa shape index (κ3) is 4.33. The summed E-state index contributed by atoms with van der Waals surface area (Å²) < 4.78 is 6.03. The summed E-state index contributed by atoms with van der Waals surface area (Å²) in [5, 5.41) is 0. The van der Waals surface area contributed by atoms with Crippen molar-refractivity contribution < 1.29 is 9.53 Å². The standard InChI is InChI=1S/C16H32O2Si/c1-7-15(3,13-19(4,5)6)14(17)18-16(8-2)11-9-10-12-16/h7-13H2,1-6H3. The van der Waals surface area contributed by atoms with Gasteiger partial charge in [-0.3, -0.25) is 4.79 Å². The van der Waals surface area contributed by atoms with Gasteiger partial charge in [0, 0.05) is 8.07 Å². The molecule has 1 atom stereocenters. The number of carbonyl (C=O) groups excluding carboxylic acids is 1. The number of esters is 1. The minimum atomic E-state index is -1.27. The van der Waals surface area contributed by atoms with Gasteiger partial charge in [-0.25, -0.2) is 0 Å². The third-order valence-electron chi connectivity index (χ3n) is 4.66. The Morgan fingerprint density at radius 3 is 2.11 bits per heavy atom. The lowest BCUT2D eigenvalue weighted by molar-refractivity contribution is -0.170. The van der Waals surface area contributed by atoms with Gasteiger partial charge >= 0.3 is 5.97 Å². The van der Waals surface area contributed by atoms with Crippen molar-refractivity contribution in [2.75, 3.05) is 0 Å². The van der Waals surface area contributed by atoms with E-state index in [1.165, 1.54) is 12.8 Å². The molecule has 0 heterocycles. The lowest BCUT2D eigenvalue weighted by Crippen LogP contribution is -2.42. The van der Waals surface area contributed by atoms with Crippen molar-refractivity contribution in [1.29, 1.82) is 0 Å². The Hall–Kier alpha value is -0.313. The Bertz CT molecular complexity index is 313. The molecule has 112 valence electrons. The van der Waals surface area contributed by atoms with Crippen LogP contribution in [0.4, 0.5) is 0 Å². The maximum atomic E-state index is 12.7. The van der Waals surface area contributed by atoms with E-state index in [4.69, 9.17) is 4.74 Å². The summed E-state index contributed by atoms with van der Waals surface area (Å²) in [4.78, 5) is 12.7. The fourth-order valence-corrected chi connectivity index (χ4v) is 6.11. The lowest BCUT2D eigenvalue weighted by Gasteiger charge is -2.36. The van der Waals surface area contributed by atoms with Crippen molar-refractivity contribution in [1.82, 2.24) is 0 Å². The Morgan fingerprint density at radius 1 is 1.21 bits per heavy atom. The van der Waals surface area contributed by atoms with Crippen LogP contribution in [-0.2, 0) is 9.53 Å². The number of hydrogen-bond donors (Lipinski definition) is 0. The molecule has 0 saturated heterocycles. The van der Waals surface area contributed by atoms with E-state index in [1.54, 1.807) is 0 Å². The Kier molecular flexibility index (Phi) is 5.27. The molecule has 1 aliphatic rings. The fraction of sp³-hybridized carbons (Fsp3) is 0.938. The second-order valence-corrected chi connectivity index (χ2v) is 13.3. The molecule has 1 fully saturated rings. The number of ether oxygens (including phenoxy) is 1. The van der Waals surface area contributed by atoms with Gasteiger partial charge in [0.2, 0.25) is 0 Å². The van der Waals surface area contributed by atoms with Gasteiger partial charge in [0.15, 0.2) is 0 Å². The first-order chi connectivity index (χ1) is 8.66. The van der Waals surface area contributed by atoms with Crippen LogP contribution in [0, 0.1) is 5.41 Å². The van der Waals surface area contributed by atoms with E-state index in [1.807, 2.05) is 0 Å². The molecule has 0 aromatic rings. The van der Waals surface area contributed by atoms with E-state index in [-0.39, 0.29) is 17.0 Å². The van der Waals surface area contributed by atoms with Gasteiger partial charge in [0.25, 0.3) is 0 Å². The zero-order chi connectivity index (χ0) is 14.7. The maximum absolute atomic E-state index is 12.7. The molecule has 0 radical (unpaired) electrons. The molecule has 0 bridgehead atoms. The normalized spacial score (nSPS) is 22.0. The molecule has 19 heavy (non-hydrogen) atoms. The van der Waals surface area contributed by atoms with Gasteiger partial charge in [-0.05, 0) is 51.5 Å². The summed E-state index contributed by atoms with van der Waals surface area (Å²) in [6, 6.07) is 1.02. The Labute approximate surface area is 120 Å². The van der Waals surface area contributed by atoms with Crippen molar-refractivity contribution >= 4 is 14.0 Å². The van der Waals surface area contributed by atoms with E-state index in [2.05, 4.69) is 40.4 Å². The van der Waals surface area contributed by atoms with E-state index < -0.39 is 8.07 Å². The zero-order valence-corrected chi connectivity index (χ0v) is 14.8. The minimum Gasteiger partial charge on any atom is -0.459 e. The molecule has 1 unspecified atom stereocenters. The van der Waals surface area contributed by atoms with Crippen LogP contribution < -0.4 is 0 Å². The highest BCUT2D eigenvalue weighted by atomic mass is 28.3. The summed E-state index contributed by atoms with van der Waals surface area (Å²) in [5.41, 5.74) is -0.428. The lowest BCUT2D eigenvalue weighted by atomic mass is 9.89. The van der Waals surface area contributed by atoms with Crippen LogP contribution in [0.2, 0.25) is 25.7 Å². The second kappa shape index (κ2) is 5.98. The Balaban J connectivity index is 2.78.